The highest BCUT2D eigenvalue weighted by atomic mass is 19.4. The van der Waals surface area contributed by atoms with Crippen molar-refractivity contribution in [3.63, 3.8) is 0 Å². The Hall–Kier alpha value is -0.290. The minimum atomic E-state index is -4.01. The number of hydrogen-bond acceptors (Lipinski definition) is 2. The molecule has 1 rings (SSSR count). The van der Waals surface area contributed by atoms with E-state index in [2.05, 4.69) is 17.1 Å². The fraction of sp³-hybridized carbons (Fsp3) is 1.00. The highest BCUT2D eigenvalue weighted by Gasteiger charge is 2.26. The Labute approximate surface area is 121 Å². The minimum absolute atomic E-state index is 0.179. The van der Waals surface area contributed by atoms with E-state index in [1.165, 1.54) is 25.9 Å². The predicted molar refractivity (Wildman–Crippen MR) is 76.8 cm³/mol. The molecule has 1 aliphatic heterocycles. The van der Waals surface area contributed by atoms with Crippen LogP contribution in [0.4, 0.5) is 13.2 Å². The Morgan fingerprint density at radius 3 is 2.45 bits per heavy atom. The third-order valence-electron chi connectivity index (χ3n) is 4.12. The molecule has 1 saturated heterocycles. The summed E-state index contributed by atoms with van der Waals surface area (Å²) in [5.41, 5.74) is 0. The molecule has 5 heteroatoms. The molecule has 120 valence electrons. The van der Waals surface area contributed by atoms with Gasteiger partial charge in [-0.3, -0.25) is 0 Å². The van der Waals surface area contributed by atoms with Gasteiger partial charge in [0.1, 0.15) is 0 Å². The molecule has 0 aromatic heterocycles. The van der Waals surface area contributed by atoms with Crippen LogP contribution in [-0.4, -0.2) is 43.3 Å². The third-order valence-corrected chi connectivity index (χ3v) is 4.12. The van der Waals surface area contributed by atoms with Crippen molar-refractivity contribution < 1.29 is 13.2 Å². The zero-order valence-corrected chi connectivity index (χ0v) is 12.8. The maximum atomic E-state index is 12.0. The Kier molecular flexibility index (Phi) is 7.88. The van der Waals surface area contributed by atoms with Crippen molar-refractivity contribution in [2.45, 2.75) is 64.6 Å². The molecule has 0 amide bonds. The maximum Gasteiger partial charge on any atom is 0.389 e. The largest absolute Gasteiger partial charge is 0.389 e. The average Bonchev–Trinajstić information content (AvgIpc) is 2.35. The molecule has 0 radical (unpaired) electrons. The van der Waals surface area contributed by atoms with Gasteiger partial charge in [0.15, 0.2) is 0 Å². The van der Waals surface area contributed by atoms with Crippen molar-refractivity contribution in [3.8, 4) is 0 Å². The highest BCUT2D eigenvalue weighted by molar-refractivity contribution is 4.70. The molecule has 1 unspecified atom stereocenters. The molecule has 0 aromatic carbocycles. The number of nitrogens with one attached hydrogen (secondary N) is 1. The van der Waals surface area contributed by atoms with Gasteiger partial charge in [-0.15, -0.1) is 0 Å². The summed E-state index contributed by atoms with van der Waals surface area (Å²) in [6.45, 7) is 8.68. The van der Waals surface area contributed by atoms with Crippen LogP contribution in [0.1, 0.15) is 52.4 Å². The van der Waals surface area contributed by atoms with Gasteiger partial charge in [-0.2, -0.15) is 13.2 Å². The molecule has 1 atom stereocenters. The van der Waals surface area contributed by atoms with Crippen molar-refractivity contribution in [2.75, 3.05) is 26.2 Å². The summed E-state index contributed by atoms with van der Waals surface area (Å²) in [4.78, 5) is 2.50. The van der Waals surface area contributed by atoms with Crippen LogP contribution in [-0.2, 0) is 0 Å². The number of rotatable bonds is 8. The van der Waals surface area contributed by atoms with E-state index in [1.807, 2.05) is 6.92 Å². The molecule has 2 nitrogen and oxygen atoms in total. The van der Waals surface area contributed by atoms with Gasteiger partial charge in [-0.05, 0) is 71.1 Å². The van der Waals surface area contributed by atoms with Crippen LogP contribution in [0, 0.1) is 5.92 Å². The van der Waals surface area contributed by atoms with Crippen molar-refractivity contribution in [3.05, 3.63) is 0 Å². The van der Waals surface area contributed by atoms with E-state index in [4.69, 9.17) is 0 Å². The van der Waals surface area contributed by atoms with E-state index in [1.54, 1.807) is 0 Å². The van der Waals surface area contributed by atoms with Gasteiger partial charge in [0.05, 0.1) is 0 Å². The van der Waals surface area contributed by atoms with Crippen molar-refractivity contribution >= 4 is 0 Å². The zero-order chi connectivity index (χ0) is 15.0. The molecule has 1 fully saturated rings. The summed E-state index contributed by atoms with van der Waals surface area (Å²) in [6.07, 6.45) is -0.181. The molecule has 0 spiro atoms. The number of alkyl halides is 3. The fourth-order valence-electron chi connectivity index (χ4n) is 2.65. The van der Waals surface area contributed by atoms with E-state index < -0.39 is 12.6 Å². The Bertz CT molecular complexity index is 248. The molecular formula is C15H29F3N2. The van der Waals surface area contributed by atoms with Crippen LogP contribution in [0.2, 0.25) is 0 Å². The van der Waals surface area contributed by atoms with Crippen molar-refractivity contribution in [1.29, 1.82) is 0 Å². The Morgan fingerprint density at radius 2 is 1.85 bits per heavy atom. The second kappa shape index (κ2) is 8.88. The minimum Gasteiger partial charge on any atom is -0.314 e. The molecular weight excluding hydrogens is 265 g/mol. The van der Waals surface area contributed by atoms with Gasteiger partial charge in [0, 0.05) is 12.5 Å². The lowest BCUT2D eigenvalue weighted by Crippen LogP contribution is -2.35. The van der Waals surface area contributed by atoms with Crippen LogP contribution in [0.15, 0.2) is 0 Å². The second-order valence-corrected chi connectivity index (χ2v) is 6.24. The SMILES string of the molecule is CC1CCN(CCCNC(C)CCCC(F)(F)F)CC1. The highest BCUT2D eigenvalue weighted by Crippen LogP contribution is 2.22. The first-order chi connectivity index (χ1) is 9.37. The summed E-state index contributed by atoms with van der Waals surface area (Å²) in [5.74, 6) is 0.859. The van der Waals surface area contributed by atoms with E-state index >= 15 is 0 Å². The quantitative estimate of drug-likeness (QED) is 0.685. The molecule has 1 aliphatic rings. The predicted octanol–water partition coefficient (Wildman–Crippen LogP) is 3.82. The summed E-state index contributed by atoms with van der Waals surface area (Å²) in [7, 11) is 0. The number of nitrogens with zero attached hydrogens (tertiary/aromatic N) is 1. The summed E-state index contributed by atoms with van der Waals surface area (Å²) in [5, 5.41) is 3.32. The lowest BCUT2D eigenvalue weighted by atomic mass is 9.99. The van der Waals surface area contributed by atoms with Gasteiger partial charge < -0.3 is 10.2 Å². The molecule has 0 bridgehead atoms. The zero-order valence-electron chi connectivity index (χ0n) is 12.8. The smallest absolute Gasteiger partial charge is 0.314 e. The lowest BCUT2D eigenvalue weighted by Gasteiger charge is -2.30. The van der Waals surface area contributed by atoms with E-state index in [-0.39, 0.29) is 12.5 Å². The van der Waals surface area contributed by atoms with Crippen LogP contribution in [0.3, 0.4) is 0 Å². The van der Waals surface area contributed by atoms with Crippen LogP contribution >= 0.6 is 0 Å². The fourth-order valence-corrected chi connectivity index (χ4v) is 2.65. The van der Waals surface area contributed by atoms with E-state index in [0.717, 1.165) is 25.4 Å². The third kappa shape index (κ3) is 8.80. The number of likely N-dealkylation sites (tertiary alicyclic amines) is 1. The second-order valence-electron chi connectivity index (χ2n) is 6.24. The van der Waals surface area contributed by atoms with Gasteiger partial charge >= 0.3 is 6.18 Å². The number of hydrogen-bond donors (Lipinski definition) is 1. The number of halogens is 3. The monoisotopic (exact) mass is 294 g/mol. The molecule has 0 saturated carbocycles. The Morgan fingerprint density at radius 1 is 1.20 bits per heavy atom. The van der Waals surface area contributed by atoms with E-state index in [0.29, 0.717) is 6.42 Å². The molecule has 1 heterocycles. The lowest BCUT2D eigenvalue weighted by molar-refractivity contribution is -0.135. The van der Waals surface area contributed by atoms with Crippen molar-refractivity contribution in [2.24, 2.45) is 5.92 Å². The average molecular weight is 294 g/mol. The summed E-state index contributed by atoms with van der Waals surface area (Å²) in [6, 6.07) is 0.179. The molecule has 0 aliphatic carbocycles. The summed E-state index contributed by atoms with van der Waals surface area (Å²) < 4.78 is 36.1. The van der Waals surface area contributed by atoms with Crippen LogP contribution in [0.25, 0.3) is 0 Å². The van der Waals surface area contributed by atoms with Crippen molar-refractivity contribution in [1.82, 2.24) is 10.2 Å². The Balaban J connectivity index is 1.95. The van der Waals surface area contributed by atoms with Gasteiger partial charge in [0.2, 0.25) is 0 Å². The first kappa shape index (κ1) is 17.8. The van der Waals surface area contributed by atoms with Gasteiger partial charge in [-0.1, -0.05) is 6.92 Å². The molecule has 1 N–H and O–H groups in total. The molecule has 20 heavy (non-hydrogen) atoms. The molecule has 0 aromatic rings. The van der Waals surface area contributed by atoms with E-state index in [9.17, 15) is 13.2 Å². The number of piperidine rings is 1. The standard InChI is InChI=1S/C15H29F3N2/c1-13-6-11-20(12-7-13)10-4-9-19-14(2)5-3-8-15(16,17)18/h13-14,19H,3-12H2,1-2H3. The van der Waals surface area contributed by atoms with Gasteiger partial charge in [-0.25, -0.2) is 0 Å². The first-order valence-corrected chi connectivity index (χ1v) is 7.89. The topological polar surface area (TPSA) is 15.3 Å². The maximum absolute atomic E-state index is 12.0. The first-order valence-electron chi connectivity index (χ1n) is 7.89. The van der Waals surface area contributed by atoms with Crippen LogP contribution in [0.5, 0.6) is 0 Å². The normalized spacial score (nSPS) is 20.2. The summed E-state index contributed by atoms with van der Waals surface area (Å²) >= 11 is 0. The van der Waals surface area contributed by atoms with Crippen LogP contribution < -0.4 is 5.32 Å². The van der Waals surface area contributed by atoms with Gasteiger partial charge in [0.25, 0.3) is 0 Å².